The third kappa shape index (κ3) is 3.95. The molecule has 0 unspecified atom stereocenters. The molecule has 1 aromatic carbocycles. The average molecular weight is 351 g/mol. The van der Waals surface area contributed by atoms with Crippen LogP contribution in [0.5, 0.6) is 11.5 Å². The van der Waals surface area contributed by atoms with Crippen molar-refractivity contribution >= 4 is 15.9 Å². The molecule has 0 amide bonds. The summed E-state index contributed by atoms with van der Waals surface area (Å²) in [6, 6.07) is 8.30. The summed E-state index contributed by atoms with van der Waals surface area (Å²) < 4.78 is 11.6. The van der Waals surface area contributed by atoms with Gasteiger partial charge in [0.05, 0.1) is 18.7 Å². The Morgan fingerprint density at radius 1 is 1.19 bits per heavy atom. The number of hydrogen-bond donors (Lipinski definition) is 1. The smallest absolute Gasteiger partial charge is 0.174 e. The number of halogens is 1. The molecule has 2 aromatic rings. The van der Waals surface area contributed by atoms with Crippen LogP contribution in [0.15, 0.2) is 41.1 Å². The zero-order valence-corrected chi connectivity index (χ0v) is 14.0. The molecule has 1 heterocycles. The highest BCUT2D eigenvalue weighted by molar-refractivity contribution is 9.10. The van der Waals surface area contributed by atoms with Gasteiger partial charge in [0.15, 0.2) is 11.5 Å². The highest BCUT2D eigenvalue weighted by Crippen LogP contribution is 2.36. The second-order valence-corrected chi connectivity index (χ2v) is 5.55. The summed E-state index contributed by atoms with van der Waals surface area (Å²) in [6.45, 7) is 2.87. The number of rotatable bonds is 6. The number of methoxy groups -OCH3 is 2. The lowest BCUT2D eigenvalue weighted by atomic mass is 10.1. The normalized spacial score (nSPS) is 12.0. The van der Waals surface area contributed by atoms with E-state index in [2.05, 4.69) is 33.2 Å². The highest BCUT2D eigenvalue weighted by atomic mass is 79.9. The minimum absolute atomic E-state index is 0.250. The molecule has 0 spiro atoms. The van der Waals surface area contributed by atoms with Crippen molar-refractivity contribution in [2.45, 2.75) is 19.5 Å². The zero-order valence-electron chi connectivity index (χ0n) is 12.4. The summed E-state index contributed by atoms with van der Waals surface area (Å²) >= 11 is 3.51. The topological polar surface area (TPSA) is 43.4 Å². The Balaban J connectivity index is 2.08. The number of nitrogens with one attached hydrogen (secondary N) is 1. The number of nitrogens with zero attached hydrogens (tertiary/aromatic N) is 1. The summed E-state index contributed by atoms with van der Waals surface area (Å²) in [5.41, 5.74) is 2.34. The van der Waals surface area contributed by atoms with Crippen molar-refractivity contribution < 1.29 is 9.47 Å². The van der Waals surface area contributed by atoms with Crippen molar-refractivity contribution in [3.63, 3.8) is 0 Å². The first-order chi connectivity index (χ1) is 10.2. The van der Waals surface area contributed by atoms with Crippen LogP contribution in [0.3, 0.4) is 0 Å². The van der Waals surface area contributed by atoms with Crippen molar-refractivity contribution in [2.24, 2.45) is 0 Å². The third-order valence-electron chi connectivity index (χ3n) is 3.31. The van der Waals surface area contributed by atoms with E-state index >= 15 is 0 Å². The standard InChI is InChI=1S/C16H19BrN2O2/c1-11(13-4-6-18-7-5-13)19-10-12-8-14(17)16(21-3)15(9-12)20-2/h4-9,11,19H,10H2,1-3H3/t11-/m1/s1. The second-order valence-electron chi connectivity index (χ2n) is 4.70. The average Bonchev–Trinajstić information content (AvgIpc) is 2.52. The van der Waals surface area contributed by atoms with E-state index < -0.39 is 0 Å². The molecule has 0 fully saturated rings. The molecule has 0 aliphatic heterocycles. The molecular formula is C16H19BrN2O2. The van der Waals surface area contributed by atoms with Gasteiger partial charge in [-0.05, 0) is 58.2 Å². The van der Waals surface area contributed by atoms with E-state index in [0.29, 0.717) is 5.75 Å². The third-order valence-corrected chi connectivity index (χ3v) is 3.90. The van der Waals surface area contributed by atoms with Crippen LogP contribution in [0, 0.1) is 0 Å². The highest BCUT2D eigenvalue weighted by Gasteiger charge is 2.11. The maximum Gasteiger partial charge on any atom is 0.174 e. The predicted molar refractivity (Wildman–Crippen MR) is 86.7 cm³/mol. The predicted octanol–water partition coefficient (Wildman–Crippen LogP) is 3.71. The van der Waals surface area contributed by atoms with Crippen LogP contribution < -0.4 is 14.8 Å². The van der Waals surface area contributed by atoms with Gasteiger partial charge in [0.25, 0.3) is 0 Å². The fourth-order valence-electron chi connectivity index (χ4n) is 2.11. The molecular weight excluding hydrogens is 332 g/mol. The first-order valence-electron chi connectivity index (χ1n) is 6.69. The summed E-state index contributed by atoms with van der Waals surface area (Å²) in [5, 5.41) is 3.49. The Morgan fingerprint density at radius 2 is 1.90 bits per heavy atom. The second kappa shape index (κ2) is 7.43. The Hall–Kier alpha value is -1.59. The lowest BCUT2D eigenvalue weighted by molar-refractivity contribution is 0.352. The van der Waals surface area contributed by atoms with Crippen LogP contribution in [-0.2, 0) is 6.54 Å². The van der Waals surface area contributed by atoms with Gasteiger partial charge in [-0.3, -0.25) is 4.98 Å². The molecule has 112 valence electrons. The van der Waals surface area contributed by atoms with Crippen LogP contribution in [0.1, 0.15) is 24.1 Å². The molecule has 0 aliphatic carbocycles. The number of benzene rings is 1. The molecule has 0 radical (unpaired) electrons. The van der Waals surface area contributed by atoms with Gasteiger partial charge in [0.1, 0.15) is 0 Å². The van der Waals surface area contributed by atoms with E-state index in [4.69, 9.17) is 9.47 Å². The largest absolute Gasteiger partial charge is 0.493 e. The maximum atomic E-state index is 5.36. The molecule has 0 saturated heterocycles. The quantitative estimate of drug-likeness (QED) is 0.862. The lowest BCUT2D eigenvalue weighted by Crippen LogP contribution is -2.18. The van der Waals surface area contributed by atoms with E-state index in [1.54, 1.807) is 26.6 Å². The SMILES string of the molecule is COc1cc(CN[C@H](C)c2ccncc2)cc(Br)c1OC. The van der Waals surface area contributed by atoms with Gasteiger partial charge in [0, 0.05) is 25.0 Å². The van der Waals surface area contributed by atoms with Gasteiger partial charge in [0.2, 0.25) is 0 Å². The van der Waals surface area contributed by atoms with E-state index in [-0.39, 0.29) is 6.04 Å². The molecule has 2 rings (SSSR count). The molecule has 4 nitrogen and oxygen atoms in total. The summed E-state index contributed by atoms with van der Waals surface area (Å²) in [6.07, 6.45) is 3.61. The molecule has 1 aromatic heterocycles. The first-order valence-corrected chi connectivity index (χ1v) is 7.48. The van der Waals surface area contributed by atoms with Gasteiger partial charge in [-0.1, -0.05) is 0 Å². The Morgan fingerprint density at radius 3 is 2.52 bits per heavy atom. The van der Waals surface area contributed by atoms with Gasteiger partial charge in [-0.15, -0.1) is 0 Å². The molecule has 1 atom stereocenters. The van der Waals surface area contributed by atoms with Crippen molar-refractivity contribution in [1.82, 2.24) is 10.3 Å². The lowest BCUT2D eigenvalue weighted by Gasteiger charge is -2.16. The van der Waals surface area contributed by atoms with Gasteiger partial charge >= 0.3 is 0 Å². The molecule has 5 heteroatoms. The number of aromatic nitrogens is 1. The number of hydrogen-bond acceptors (Lipinski definition) is 4. The van der Waals surface area contributed by atoms with Crippen molar-refractivity contribution in [3.8, 4) is 11.5 Å². The van der Waals surface area contributed by atoms with Gasteiger partial charge in [-0.25, -0.2) is 0 Å². The van der Waals surface area contributed by atoms with E-state index in [1.165, 1.54) is 5.56 Å². The number of pyridine rings is 1. The maximum absolute atomic E-state index is 5.36. The van der Waals surface area contributed by atoms with Crippen LogP contribution in [0.4, 0.5) is 0 Å². The first kappa shape index (κ1) is 15.8. The molecule has 0 saturated carbocycles. The van der Waals surface area contributed by atoms with Crippen molar-refractivity contribution in [1.29, 1.82) is 0 Å². The summed E-state index contributed by atoms with van der Waals surface area (Å²) in [7, 11) is 3.27. The van der Waals surface area contributed by atoms with Crippen LogP contribution in [-0.4, -0.2) is 19.2 Å². The number of ether oxygens (including phenoxy) is 2. The monoisotopic (exact) mass is 350 g/mol. The van der Waals surface area contributed by atoms with Gasteiger partial charge < -0.3 is 14.8 Å². The van der Waals surface area contributed by atoms with Crippen LogP contribution >= 0.6 is 15.9 Å². The molecule has 1 N–H and O–H groups in total. The van der Waals surface area contributed by atoms with E-state index in [9.17, 15) is 0 Å². The fourth-order valence-corrected chi connectivity index (χ4v) is 2.77. The minimum Gasteiger partial charge on any atom is -0.493 e. The minimum atomic E-state index is 0.250. The summed E-state index contributed by atoms with van der Waals surface area (Å²) in [5.74, 6) is 1.43. The van der Waals surface area contributed by atoms with Crippen molar-refractivity contribution in [3.05, 3.63) is 52.3 Å². The van der Waals surface area contributed by atoms with E-state index in [1.807, 2.05) is 24.3 Å². The fraction of sp³-hybridized carbons (Fsp3) is 0.312. The molecule has 0 aliphatic rings. The summed E-state index contributed by atoms with van der Waals surface area (Å²) in [4.78, 5) is 4.04. The Bertz CT molecular complexity index is 590. The van der Waals surface area contributed by atoms with Crippen molar-refractivity contribution in [2.75, 3.05) is 14.2 Å². The molecule has 0 bridgehead atoms. The Kier molecular flexibility index (Phi) is 5.59. The van der Waals surface area contributed by atoms with E-state index in [0.717, 1.165) is 22.3 Å². The van der Waals surface area contributed by atoms with Gasteiger partial charge in [-0.2, -0.15) is 0 Å². The Labute approximate surface area is 133 Å². The van der Waals surface area contributed by atoms with Crippen LogP contribution in [0.25, 0.3) is 0 Å². The van der Waals surface area contributed by atoms with Crippen LogP contribution in [0.2, 0.25) is 0 Å². The molecule has 21 heavy (non-hydrogen) atoms. The zero-order chi connectivity index (χ0) is 15.2.